The Balaban J connectivity index is 2.20. The standard InChI is InChI=1S/C18H22N2O2/c1-4-14-7-6-8-15(5-2)18(14)19-16(21)12-20-10-9-13(3)11-17(20)22/h6-11H,4-5,12H2,1-3H3,(H,19,21). The number of amides is 1. The molecule has 116 valence electrons. The van der Waals surface area contributed by atoms with Crippen LogP contribution in [-0.4, -0.2) is 10.5 Å². The van der Waals surface area contributed by atoms with Crippen LogP contribution in [0.15, 0.2) is 41.3 Å². The van der Waals surface area contributed by atoms with E-state index in [1.54, 1.807) is 6.20 Å². The van der Waals surface area contributed by atoms with E-state index in [9.17, 15) is 9.59 Å². The summed E-state index contributed by atoms with van der Waals surface area (Å²) in [4.78, 5) is 24.1. The van der Waals surface area contributed by atoms with E-state index in [0.717, 1.165) is 35.2 Å². The maximum Gasteiger partial charge on any atom is 0.251 e. The minimum Gasteiger partial charge on any atom is -0.324 e. The highest BCUT2D eigenvalue weighted by molar-refractivity contribution is 5.92. The van der Waals surface area contributed by atoms with Crippen molar-refractivity contribution >= 4 is 11.6 Å². The Morgan fingerprint density at radius 1 is 1.14 bits per heavy atom. The third-order valence-electron chi connectivity index (χ3n) is 3.73. The molecule has 0 bridgehead atoms. The minimum absolute atomic E-state index is 0.0281. The van der Waals surface area contributed by atoms with Gasteiger partial charge in [-0.1, -0.05) is 32.0 Å². The van der Waals surface area contributed by atoms with Gasteiger partial charge in [-0.2, -0.15) is 0 Å². The van der Waals surface area contributed by atoms with Crippen molar-refractivity contribution in [3.63, 3.8) is 0 Å². The fraction of sp³-hybridized carbons (Fsp3) is 0.333. The lowest BCUT2D eigenvalue weighted by Crippen LogP contribution is -2.27. The van der Waals surface area contributed by atoms with Crippen molar-refractivity contribution in [1.82, 2.24) is 4.57 Å². The number of nitrogens with one attached hydrogen (secondary N) is 1. The van der Waals surface area contributed by atoms with Crippen LogP contribution in [0.25, 0.3) is 0 Å². The zero-order chi connectivity index (χ0) is 16.1. The number of carbonyl (C=O) groups excluding carboxylic acids is 1. The van der Waals surface area contributed by atoms with Crippen molar-refractivity contribution in [3.05, 3.63) is 63.6 Å². The smallest absolute Gasteiger partial charge is 0.251 e. The van der Waals surface area contributed by atoms with E-state index in [1.807, 2.05) is 31.2 Å². The average molecular weight is 298 g/mol. The van der Waals surface area contributed by atoms with Gasteiger partial charge in [0.05, 0.1) is 0 Å². The average Bonchev–Trinajstić information content (AvgIpc) is 2.50. The molecular formula is C18H22N2O2. The molecule has 0 saturated carbocycles. The van der Waals surface area contributed by atoms with E-state index in [1.165, 1.54) is 10.6 Å². The number of carbonyl (C=O) groups is 1. The Morgan fingerprint density at radius 2 is 1.77 bits per heavy atom. The molecule has 2 rings (SSSR count). The molecule has 1 aromatic heterocycles. The number of anilines is 1. The van der Waals surface area contributed by atoms with Gasteiger partial charge in [0.15, 0.2) is 0 Å². The van der Waals surface area contributed by atoms with Gasteiger partial charge in [-0.15, -0.1) is 0 Å². The number of pyridine rings is 1. The predicted octanol–water partition coefficient (Wildman–Crippen LogP) is 2.92. The molecule has 1 heterocycles. The largest absolute Gasteiger partial charge is 0.324 e. The molecule has 0 saturated heterocycles. The monoisotopic (exact) mass is 298 g/mol. The number of rotatable bonds is 5. The molecule has 1 amide bonds. The lowest BCUT2D eigenvalue weighted by atomic mass is 10.0. The second-order valence-electron chi connectivity index (χ2n) is 5.38. The van der Waals surface area contributed by atoms with Crippen molar-refractivity contribution in [2.24, 2.45) is 0 Å². The Hall–Kier alpha value is -2.36. The molecule has 0 aliphatic carbocycles. The molecular weight excluding hydrogens is 276 g/mol. The number of aryl methyl sites for hydroxylation is 3. The second kappa shape index (κ2) is 7.07. The normalized spacial score (nSPS) is 10.5. The van der Waals surface area contributed by atoms with Crippen LogP contribution in [0.3, 0.4) is 0 Å². The van der Waals surface area contributed by atoms with Gasteiger partial charge in [0.25, 0.3) is 5.56 Å². The summed E-state index contributed by atoms with van der Waals surface area (Å²) < 4.78 is 1.42. The highest BCUT2D eigenvalue weighted by Gasteiger charge is 2.11. The topological polar surface area (TPSA) is 51.1 Å². The summed E-state index contributed by atoms with van der Waals surface area (Å²) in [6, 6.07) is 9.41. The first-order valence-corrected chi connectivity index (χ1v) is 7.62. The molecule has 0 spiro atoms. The quantitative estimate of drug-likeness (QED) is 0.922. The Labute approximate surface area is 130 Å². The summed E-state index contributed by atoms with van der Waals surface area (Å²) >= 11 is 0. The number of aromatic nitrogens is 1. The van der Waals surface area contributed by atoms with Gasteiger partial charge in [-0.05, 0) is 42.5 Å². The third-order valence-corrected chi connectivity index (χ3v) is 3.73. The molecule has 0 fully saturated rings. The van der Waals surface area contributed by atoms with Crippen molar-refractivity contribution < 1.29 is 4.79 Å². The van der Waals surface area contributed by atoms with Gasteiger partial charge in [0.2, 0.25) is 5.91 Å². The first-order valence-electron chi connectivity index (χ1n) is 7.62. The summed E-state index contributed by atoms with van der Waals surface area (Å²) in [5.74, 6) is -0.179. The zero-order valence-corrected chi connectivity index (χ0v) is 13.3. The highest BCUT2D eigenvalue weighted by atomic mass is 16.2. The van der Waals surface area contributed by atoms with Gasteiger partial charge < -0.3 is 9.88 Å². The molecule has 1 aromatic carbocycles. The molecule has 1 N–H and O–H groups in total. The van der Waals surface area contributed by atoms with Crippen molar-refractivity contribution in [1.29, 1.82) is 0 Å². The summed E-state index contributed by atoms with van der Waals surface area (Å²) in [6.07, 6.45) is 3.37. The summed E-state index contributed by atoms with van der Waals surface area (Å²) in [7, 11) is 0. The highest BCUT2D eigenvalue weighted by Crippen LogP contribution is 2.22. The van der Waals surface area contributed by atoms with Crippen LogP contribution in [0.5, 0.6) is 0 Å². The number of hydrogen-bond donors (Lipinski definition) is 1. The van der Waals surface area contributed by atoms with Gasteiger partial charge >= 0.3 is 0 Å². The van der Waals surface area contributed by atoms with E-state index >= 15 is 0 Å². The van der Waals surface area contributed by atoms with E-state index in [2.05, 4.69) is 19.2 Å². The van der Waals surface area contributed by atoms with Crippen LogP contribution >= 0.6 is 0 Å². The number of hydrogen-bond acceptors (Lipinski definition) is 2. The molecule has 0 atom stereocenters. The summed E-state index contributed by atoms with van der Waals surface area (Å²) in [6.45, 7) is 6.01. The molecule has 0 radical (unpaired) electrons. The molecule has 4 heteroatoms. The number of nitrogens with zero attached hydrogens (tertiary/aromatic N) is 1. The van der Waals surface area contributed by atoms with E-state index in [0.29, 0.717) is 0 Å². The van der Waals surface area contributed by atoms with Crippen LogP contribution < -0.4 is 10.9 Å². The number of para-hydroxylation sites is 1. The number of benzene rings is 1. The second-order valence-corrected chi connectivity index (χ2v) is 5.38. The van der Waals surface area contributed by atoms with Gasteiger partial charge in [0.1, 0.15) is 6.54 Å². The van der Waals surface area contributed by atoms with Gasteiger partial charge in [-0.25, -0.2) is 0 Å². The van der Waals surface area contributed by atoms with Crippen LogP contribution in [-0.2, 0) is 24.2 Å². The van der Waals surface area contributed by atoms with Gasteiger partial charge in [-0.3, -0.25) is 9.59 Å². The van der Waals surface area contributed by atoms with Crippen molar-refractivity contribution in [2.75, 3.05) is 5.32 Å². The first kappa shape index (κ1) is 16.0. The molecule has 0 unspecified atom stereocenters. The van der Waals surface area contributed by atoms with E-state index < -0.39 is 0 Å². The first-order chi connectivity index (χ1) is 10.5. The van der Waals surface area contributed by atoms with Crippen molar-refractivity contribution in [3.8, 4) is 0 Å². The van der Waals surface area contributed by atoms with Crippen LogP contribution in [0, 0.1) is 6.92 Å². The third kappa shape index (κ3) is 3.64. The SMILES string of the molecule is CCc1cccc(CC)c1NC(=O)Cn1ccc(C)cc1=O. The fourth-order valence-electron chi connectivity index (χ4n) is 2.47. The molecule has 4 nitrogen and oxygen atoms in total. The minimum atomic E-state index is -0.179. The van der Waals surface area contributed by atoms with E-state index in [-0.39, 0.29) is 18.0 Å². The molecule has 0 aliphatic heterocycles. The zero-order valence-electron chi connectivity index (χ0n) is 13.3. The molecule has 22 heavy (non-hydrogen) atoms. The lowest BCUT2D eigenvalue weighted by Gasteiger charge is -2.15. The van der Waals surface area contributed by atoms with E-state index in [4.69, 9.17) is 0 Å². The van der Waals surface area contributed by atoms with Gasteiger partial charge in [0, 0.05) is 18.0 Å². The molecule has 0 aliphatic rings. The maximum atomic E-state index is 12.3. The fourth-order valence-corrected chi connectivity index (χ4v) is 2.47. The van der Waals surface area contributed by atoms with Crippen LogP contribution in [0.1, 0.15) is 30.5 Å². The maximum absolute atomic E-state index is 12.3. The summed E-state index contributed by atoms with van der Waals surface area (Å²) in [5, 5.41) is 2.97. The van der Waals surface area contributed by atoms with Crippen molar-refractivity contribution in [2.45, 2.75) is 40.2 Å². The van der Waals surface area contributed by atoms with Crippen LogP contribution in [0.2, 0.25) is 0 Å². The van der Waals surface area contributed by atoms with Crippen LogP contribution in [0.4, 0.5) is 5.69 Å². The Bertz CT molecular complexity index is 710. The lowest BCUT2D eigenvalue weighted by molar-refractivity contribution is -0.116. The Morgan fingerprint density at radius 3 is 2.32 bits per heavy atom. The predicted molar refractivity (Wildman–Crippen MR) is 89.3 cm³/mol. The Kier molecular flexibility index (Phi) is 5.15. The molecule has 2 aromatic rings. The summed E-state index contributed by atoms with van der Waals surface area (Å²) in [5.41, 5.74) is 3.85.